The minimum absolute atomic E-state index is 0.174. The molecule has 7 aromatic rings. The predicted molar refractivity (Wildman–Crippen MR) is 214 cm³/mol. The van der Waals surface area contributed by atoms with Gasteiger partial charge in [-0.3, -0.25) is 14.6 Å². The van der Waals surface area contributed by atoms with Crippen LogP contribution in [0.15, 0.2) is 104 Å². The third-order valence-corrected chi connectivity index (χ3v) is 9.36. The quantitative estimate of drug-likeness (QED) is 0.114. The number of fused-ring (bicyclic) bond motifs is 1. The van der Waals surface area contributed by atoms with E-state index in [9.17, 15) is 9.59 Å². The number of aromatic nitrogens is 6. The largest absolute Gasteiger partial charge is 0.382 e. The molecule has 2 aromatic carbocycles. The van der Waals surface area contributed by atoms with Crippen LogP contribution in [0.25, 0.3) is 55.7 Å². The molecule has 0 saturated heterocycles. The van der Waals surface area contributed by atoms with Crippen molar-refractivity contribution >= 4 is 40.3 Å². The molecule has 0 unspecified atom stereocenters. The van der Waals surface area contributed by atoms with Crippen LogP contribution in [0.2, 0.25) is 0 Å². The van der Waals surface area contributed by atoms with Crippen molar-refractivity contribution in [3.63, 3.8) is 0 Å². The fourth-order valence-electron chi connectivity index (χ4n) is 6.14. The Morgan fingerprint density at radius 3 is 2.05 bits per heavy atom. The fourth-order valence-corrected chi connectivity index (χ4v) is 6.14. The molecule has 56 heavy (non-hydrogen) atoms. The summed E-state index contributed by atoms with van der Waals surface area (Å²) in [6.45, 7) is 8.89. The fraction of sp³-hybridized carbons (Fsp3) is 0.186. The van der Waals surface area contributed by atoms with Crippen LogP contribution in [0.4, 0.5) is 26.2 Å². The van der Waals surface area contributed by atoms with Gasteiger partial charge in [-0.25, -0.2) is 28.7 Å². The highest BCUT2D eigenvalue weighted by Gasteiger charge is 2.31. The molecule has 0 atom stereocenters. The van der Waals surface area contributed by atoms with Gasteiger partial charge in [0.25, 0.3) is 0 Å². The highest BCUT2D eigenvalue weighted by atomic mass is 19.1. The van der Waals surface area contributed by atoms with E-state index < -0.39 is 22.5 Å². The monoisotopic (exact) mass is 751 g/mol. The molecule has 0 aliphatic heterocycles. The summed E-state index contributed by atoms with van der Waals surface area (Å²) in [5.74, 6) is -0.914. The zero-order chi connectivity index (χ0) is 39.8. The number of nitrogen functional groups attached to an aromatic ring is 1. The number of nitrogens with one attached hydrogen (secondary N) is 3. The van der Waals surface area contributed by atoms with Crippen molar-refractivity contribution in [1.29, 1.82) is 0 Å². The van der Waals surface area contributed by atoms with E-state index in [0.29, 0.717) is 50.4 Å². The summed E-state index contributed by atoms with van der Waals surface area (Å²) >= 11 is 0. The molecule has 0 fully saturated rings. The Labute approximate surface area is 321 Å². The summed E-state index contributed by atoms with van der Waals surface area (Å²) in [4.78, 5) is 51.9. The molecule has 11 nitrogen and oxygen atoms in total. The number of aromatic amines is 1. The Bertz CT molecular complexity index is 2610. The first kappa shape index (κ1) is 37.4. The molecule has 2 amide bonds. The first-order valence-corrected chi connectivity index (χ1v) is 17.9. The van der Waals surface area contributed by atoms with Crippen molar-refractivity contribution in [3.05, 3.63) is 121 Å². The van der Waals surface area contributed by atoms with Crippen LogP contribution in [0.3, 0.4) is 0 Å². The van der Waals surface area contributed by atoms with Gasteiger partial charge < -0.3 is 21.4 Å². The molecule has 0 saturated carbocycles. The maximum Gasteiger partial charge on any atom is 0.231 e. The zero-order valence-corrected chi connectivity index (χ0v) is 31.4. The number of hydrogen-bond acceptors (Lipinski definition) is 8. The SMILES string of the molecule is CC(C)(C)C(=O)Nc1nc(CC(C)(C)C(=O)Nc2ncccc2-c2ccc(-c3cnc(N)cn3)c(F)c2)ccc1-c1ccc(-c2cnc3[nH]ccc3c2)c(F)c1. The molecule has 13 heteroatoms. The van der Waals surface area contributed by atoms with Gasteiger partial charge in [-0.15, -0.1) is 0 Å². The molecule has 5 heterocycles. The van der Waals surface area contributed by atoms with Crippen LogP contribution < -0.4 is 16.4 Å². The standard InChI is InChI=1S/C43H39F2N9O2/c1-42(2,3)40(55)54-39-31(25-8-11-29(33(44)18-25)27-17-26-14-16-48-37(26)51-21-27)13-10-28(52-39)20-43(4,5)41(56)53-38-30(7-6-15-47-38)24-9-12-32(34(45)19-24)35-22-50-36(46)23-49-35/h6-19,21-23H,20H2,1-5H3,(H2,46,50)(H,48,51)(H,47,53,56)(H,52,54,55). The average molecular weight is 752 g/mol. The number of anilines is 3. The summed E-state index contributed by atoms with van der Waals surface area (Å²) in [7, 11) is 0. The number of amides is 2. The normalized spacial score (nSPS) is 11.8. The second kappa shape index (κ2) is 14.7. The van der Waals surface area contributed by atoms with Gasteiger partial charge in [0.1, 0.15) is 34.7 Å². The van der Waals surface area contributed by atoms with Crippen LogP contribution >= 0.6 is 0 Å². The Hall–Kier alpha value is -6.89. The highest BCUT2D eigenvalue weighted by molar-refractivity contribution is 5.98. The maximum atomic E-state index is 15.7. The zero-order valence-electron chi connectivity index (χ0n) is 31.4. The van der Waals surface area contributed by atoms with Crippen LogP contribution in [-0.4, -0.2) is 41.7 Å². The van der Waals surface area contributed by atoms with Gasteiger partial charge >= 0.3 is 0 Å². The molecular weight excluding hydrogens is 713 g/mol. The highest BCUT2D eigenvalue weighted by Crippen LogP contribution is 2.35. The summed E-state index contributed by atoms with van der Waals surface area (Å²) in [6, 6.07) is 20.2. The molecule has 5 aromatic heterocycles. The van der Waals surface area contributed by atoms with Crippen LogP contribution in [0.5, 0.6) is 0 Å². The van der Waals surface area contributed by atoms with E-state index >= 15 is 8.78 Å². The van der Waals surface area contributed by atoms with Gasteiger partial charge in [0.15, 0.2) is 0 Å². The van der Waals surface area contributed by atoms with Crippen molar-refractivity contribution in [2.75, 3.05) is 16.4 Å². The number of rotatable bonds is 9. The van der Waals surface area contributed by atoms with E-state index in [-0.39, 0.29) is 41.3 Å². The van der Waals surface area contributed by atoms with Gasteiger partial charge in [-0.2, -0.15) is 0 Å². The van der Waals surface area contributed by atoms with Gasteiger partial charge in [-0.05, 0) is 65.7 Å². The van der Waals surface area contributed by atoms with Crippen molar-refractivity contribution in [2.24, 2.45) is 10.8 Å². The van der Waals surface area contributed by atoms with E-state index in [4.69, 9.17) is 10.7 Å². The lowest BCUT2D eigenvalue weighted by Crippen LogP contribution is -2.33. The summed E-state index contributed by atoms with van der Waals surface area (Å²) in [5, 5.41) is 6.72. The second-order valence-electron chi connectivity index (χ2n) is 15.2. The van der Waals surface area contributed by atoms with E-state index in [1.54, 1.807) is 95.5 Å². The van der Waals surface area contributed by atoms with Gasteiger partial charge in [0, 0.05) is 74.7 Å². The number of carbonyl (C=O) groups is 2. The van der Waals surface area contributed by atoms with Gasteiger partial charge in [0.2, 0.25) is 11.8 Å². The molecule has 0 bridgehead atoms. The Morgan fingerprint density at radius 2 is 1.38 bits per heavy atom. The number of pyridine rings is 3. The van der Waals surface area contributed by atoms with Crippen LogP contribution in [0.1, 0.15) is 40.3 Å². The number of nitrogens with two attached hydrogens (primary N) is 1. The third kappa shape index (κ3) is 7.83. The Morgan fingerprint density at radius 1 is 0.696 bits per heavy atom. The lowest BCUT2D eigenvalue weighted by atomic mass is 9.86. The molecule has 0 spiro atoms. The summed E-state index contributed by atoms with van der Waals surface area (Å²) < 4.78 is 31.1. The Kier molecular flexibility index (Phi) is 9.85. The number of benzene rings is 2. The topological polar surface area (TPSA) is 164 Å². The smallest absolute Gasteiger partial charge is 0.231 e. The third-order valence-electron chi connectivity index (χ3n) is 9.36. The van der Waals surface area contributed by atoms with Crippen molar-refractivity contribution in [1.82, 2.24) is 29.9 Å². The molecule has 5 N–H and O–H groups in total. The summed E-state index contributed by atoms with van der Waals surface area (Å²) in [6.07, 6.45) is 7.86. The van der Waals surface area contributed by atoms with Gasteiger partial charge in [0.05, 0.1) is 18.1 Å². The van der Waals surface area contributed by atoms with Crippen molar-refractivity contribution in [2.45, 2.75) is 41.0 Å². The predicted octanol–water partition coefficient (Wildman–Crippen LogP) is 8.86. The van der Waals surface area contributed by atoms with Gasteiger partial charge in [-0.1, -0.05) is 52.8 Å². The minimum atomic E-state index is -1.03. The lowest BCUT2D eigenvalue weighted by molar-refractivity contribution is -0.124. The number of nitrogens with zero attached hydrogens (tertiary/aromatic N) is 5. The van der Waals surface area contributed by atoms with Crippen molar-refractivity contribution < 1.29 is 18.4 Å². The van der Waals surface area contributed by atoms with Crippen molar-refractivity contribution in [3.8, 4) is 44.6 Å². The summed E-state index contributed by atoms with van der Waals surface area (Å²) in [5.41, 5.74) is 8.71. The maximum absolute atomic E-state index is 15.7. The first-order chi connectivity index (χ1) is 26.7. The van der Waals surface area contributed by atoms with E-state index in [2.05, 4.69) is 35.6 Å². The number of carbonyl (C=O) groups excluding carboxylic acids is 2. The van der Waals surface area contributed by atoms with E-state index in [0.717, 1.165) is 5.39 Å². The molecule has 0 aliphatic rings. The molecule has 0 aliphatic carbocycles. The number of H-pyrrole nitrogens is 1. The molecule has 282 valence electrons. The number of halogens is 2. The molecule has 7 rings (SSSR count). The first-order valence-electron chi connectivity index (χ1n) is 17.9. The van der Waals surface area contributed by atoms with Crippen LogP contribution in [-0.2, 0) is 16.0 Å². The molecule has 0 radical (unpaired) electrons. The minimum Gasteiger partial charge on any atom is -0.382 e. The number of hydrogen-bond donors (Lipinski definition) is 4. The van der Waals surface area contributed by atoms with E-state index in [1.807, 2.05) is 12.1 Å². The Balaban J connectivity index is 1.14. The average Bonchev–Trinajstić information content (AvgIpc) is 3.63. The second-order valence-corrected chi connectivity index (χ2v) is 15.2. The lowest BCUT2D eigenvalue weighted by Gasteiger charge is -2.25. The van der Waals surface area contributed by atoms with Crippen LogP contribution in [0, 0.1) is 22.5 Å². The molecular formula is C43H39F2N9O2. The van der Waals surface area contributed by atoms with E-state index in [1.165, 1.54) is 30.7 Å².